The quantitative estimate of drug-likeness (QED) is 0.832. The van der Waals surface area contributed by atoms with Crippen LogP contribution in [0.3, 0.4) is 0 Å². The summed E-state index contributed by atoms with van der Waals surface area (Å²) < 4.78 is 0. The van der Waals surface area contributed by atoms with Crippen molar-refractivity contribution in [2.75, 3.05) is 39.1 Å². The second kappa shape index (κ2) is 7.81. The normalized spacial score (nSPS) is 12.0. The molecule has 1 N–H and O–H groups in total. The molecule has 0 atom stereocenters. The number of anilines is 1. The molecule has 0 aromatic heterocycles. The Balaban J connectivity index is 2.75. The van der Waals surface area contributed by atoms with Crippen molar-refractivity contribution in [3.8, 4) is 0 Å². The van der Waals surface area contributed by atoms with Gasteiger partial charge in [0.1, 0.15) is 0 Å². The number of benzene rings is 1. The summed E-state index contributed by atoms with van der Waals surface area (Å²) in [5.41, 5.74) is 4.20. The maximum atomic E-state index is 3.60. The molecule has 0 heterocycles. The van der Waals surface area contributed by atoms with E-state index in [9.17, 15) is 0 Å². The molecule has 120 valence electrons. The first-order valence-electron chi connectivity index (χ1n) is 7.89. The van der Waals surface area contributed by atoms with Crippen LogP contribution in [0.5, 0.6) is 0 Å². The fourth-order valence-electron chi connectivity index (χ4n) is 2.33. The summed E-state index contributed by atoms with van der Waals surface area (Å²) in [6, 6.07) is 6.76. The van der Waals surface area contributed by atoms with Crippen molar-refractivity contribution in [1.82, 2.24) is 10.2 Å². The highest BCUT2D eigenvalue weighted by atomic mass is 15.1. The number of aryl methyl sites for hydroxylation is 1. The Bertz CT molecular complexity index is 433. The lowest BCUT2D eigenvalue weighted by atomic mass is 10.1. The van der Waals surface area contributed by atoms with E-state index in [0.717, 1.165) is 19.6 Å². The summed E-state index contributed by atoms with van der Waals surface area (Å²) in [5, 5.41) is 3.60. The maximum absolute atomic E-state index is 3.60. The summed E-state index contributed by atoms with van der Waals surface area (Å²) in [5.74, 6) is 0. The lowest BCUT2D eigenvalue weighted by molar-refractivity contribution is 0.401. The van der Waals surface area contributed by atoms with Gasteiger partial charge in [0.25, 0.3) is 0 Å². The van der Waals surface area contributed by atoms with Gasteiger partial charge in [-0.05, 0) is 66.4 Å². The number of rotatable bonds is 7. The van der Waals surface area contributed by atoms with Crippen molar-refractivity contribution < 1.29 is 0 Å². The van der Waals surface area contributed by atoms with Crippen molar-refractivity contribution in [2.45, 2.75) is 46.2 Å². The van der Waals surface area contributed by atoms with Crippen molar-refractivity contribution in [2.24, 2.45) is 0 Å². The Kier molecular flexibility index (Phi) is 6.69. The SMILES string of the molecule is Cc1ccc(N(C)CCCN(C)C)c(CNC(C)(C)C)c1. The molecule has 0 radical (unpaired) electrons. The Morgan fingerprint density at radius 1 is 1.05 bits per heavy atom. The topological polar surface area (TPSA) is 18.5 Å². The highest BCUT2D eigenvalue weighted by Gasteiger charge is 2.12. The van der Waals surface area contributed by atoms with E-state index < -0.39 is 0 Å². The van der Waals surface area contributed by atoms with Gasteiger partial charge < -0.3 is 15.1 Å². The van der Waals surface area contributed by atoms with Gasteiger partial charge in [-0.2, -0.15) is 0 Å². The minimum atomic E-state index is 0.143. The first-order valence-corrected chi connectivity index (χ1v) is 7.89. The zero-order valence-electron chi connectivity index (χ0n) is 15.0. The van der Waals surface area contributed by atoms with Gasteiger partial charge in [0.2, 0.25) is 0 Å². The number of hydrogen-bond donors (Lipinski definition) is 1. The smallest absolute Gasteiger partial charge is 0.0409 e. The van der Waals surface area contributed by atoms with Crippen molar-refractivity contribution in [3.63, 3.8) is 0 Å². The van der Waals surface area contributed by atoms with Crippen LogP contribution in [0.2, 0.25) is 0 Å². The molecule has 0 spiro atoms. The molecule has 0 fully saturated rings. The molecule has 1 aromatic carbocycles. The predicted octanol–water partition coefficient (Wildman–Crippen LogP) is 3.27. The molecule has 1 aromatic rings. The van der Waals surface area contributed by atoms with Gasteiger partial charge in [0, 0.05) is 31.4 Å². The summed E-state index contributed by atoms with van der Waals surface area (Å²) in [4.78, 5) is 4.62. The number of hydrogen-bond acceptors (Lipinski definition) is 3. The molecule has 0 aliphatic heterocycles. The standard InChI is InChI=1S/C18H33N3/c1-15-9-10-17(21(7)12-8-11-20(5)6)16(13-15)14-19-18(2,3)4/h9-10,13,19H,8,11-12,14H2,1-7H3. The van der Waals surface area contributed by atoms with E-state index in [1.165, 1.54) is 23.2 Å². The number of nitrogens with one attached hydrogen (secondary N) is 1. The van der Waals surface area contributed by atoms with Crippen LogP contribution < -0.4 is 10.2 Å². The van der Waals surface area contributed by atoms with Gasteiger partial charge in [0.05, 0.1) is 0 Å². The monoisotopic (exact) mass is 291 g/mol. The average molecular weight is 291 g/mol. The van der Waals surface area contributed by atoms with E-state index in [4.69, 9.17) is 0 Å². The average Bonchev–Trinajstić information content (AvgIpc) is 2.35. The zero-order chi connectivity index (χ0) is 16.0. The third-order valence-electron chi connectivity index (χ3n) is 3.55. The van der Waals surface area contributed by atoms with Gasteiger partial charge in [-0.3, -0.25) is 0 Å². The second-order valence-electron chi connectivity index (χ2n) is 7.31. The predicted molar refractivity (Wildman–Crippen MR) is 94.2 cm³/mol. The fourth-order valence-corrected chi connectivity index (χ4v) is 2.33. The minimum Gasteiger partial charge on any atom is -0.374 e. The van der Waals surface area contributed by atoms with Crippen LogP contribution in [0.1, 0.15) is 38.3 Å². The van der Waals surface area contributed by atoms with E-state index in [2.05, 4.69) is 82.2 Å². The van der Waals surface area contributed by atoms with Gasteiger partial charge in [-0.25, -0.2) is 0 Å². The molecule has 3 heteroatoms. The maximum Gasteiger partial charge on any atom is 0.0409 e. The minimum absolute atomic E-state index is 0.143. The van der Waals surface area contributed by atoms with E-state index in [1.54, 1.807) is 0 Å². The Morgan fingerprint density at radius 2 is 1.71 bits per heavy atom. The molecule has 0 amide bonds. The zero-order valence-corrected chi connectivity index (χ0v) is 15.0. The summed E-state index contributed by atoms with van der Waals surface area (Å²) in [6.07, 6.45) is 1.18. The molecule has 0 saturated heterocycles. The summed E-state index contributed by atoms with van der Waals surface area (Å²) >= 11 is 0. The molecule has 0 bridgehead atoms. The second-order valence-corrected chi connectivity index (χ2v) is 7.31. The Morgan fingerprint density at radius 3 is 2.29 bits per heavy atom. The lowest BCUT2D eigenvalue weighted by Gasteiger charge is -2.26. The summed E-state index contributed by atoms with van der Waals surface area (Å²) in [6.45, 7) is 11.9. The Hall–Kier alpha value is -1.06. The molecule has 0 aliphatic carbocycles. The first-order chi connectivity index (χ1) is 9.69. The van der Waals surface area contributed by atoms with Crippen LogP contribution in [0, 0.1) is 6.92 Å². The van der Waals surface area contributed by atoms with Gasteiger partial charge in [-0.1, -0.05) is 17.7 Å². The largest absolute Gasteiger partial charge is 0.374 e. The molecular formula is C18H33N3. The first kappa shape index (κ1) is 18.0. The third kappa shape index (κ3) is 6.96. The van der Waals surface area contributed by atoms with E-state index in [0.29, 0.717) is 0 Å². The highest BCUT2D eigenvalue weighted by molar-refractivity contribution is 5.54. The summed E-state index contributed by atoms with van der Waals surface area (Å²) in [7, 11) is 6.45. The van der Waals surface area contributed by atoms with Crippen LogP contribution in [-0.4, -0.2) is 44.7 Å². The van der Waals surface area contributed by atoms with Crippen LogP contribution in [0.15, 0.2) is 18.2 Å². The van der Waals surface area contributed by atoms with Crippen LogP contribution in [0.25, 0.3) is 0 Å². The molecular weight excluding hydrogens is 258 g/mol. The molecule has 3 nitrogen and oxygen atoms in total. The Labute approximate surface area is 131 Å². The fraction of sp³-hybridized carbons (Fsp3) is 0.667. The highest BCUT2D eigenvalue weighted by Crippen LogP contribution is 2.22. The van der Waals surface area contributed by atoms with Crippen molar-refractivity contribution >= 4 is 5.69 Å². The lowest BCUT2D eigenvalue weighted by Crippen LogP contribution is -2.35. The van der Waals surface area contributed by atoms with Gasteiger partial charge in [0.15, 0.2) is 0 Å². The van der Waals surface area contributed by atoms with Gasteiger partial charge in [-0.15, -0.1) is 0 Å². The van der Waals surface area contributed by atoms with Crippen LogP contribution >= 0.6 is 0 Å². The van der Waals surface area contributed by atoms with E-state index >= 15 is 0 Å². The van der Waals surface area contributed by atoms with Crippen LogP contribution in [-0.2, 0) is 6.54 Å². The van der Waals surface area contributed by atoms with E-state index in [-0.39, 0.29) is 5.54 Å². The van der Waals surface area contributed by atoms with E-state index in [1.807, 2.05) is 0 Å². The van der Waals surface area contributed by atoms with Gasteiger partial charge >= 0.3 is 0 Å². The third-order valence-corrected chi connectivity index (χ3v) is 3.55. The molecule has 0 unspecified atom stereocenters. The molecule has 1 rings (SSSR count). The molecule has 0 saturated carbocycles. The molecule has 21 heavy (non-hydrogen) atoms. The van der Waals surface area contributed by atoms with Crippen molar-refractivity contribution in [1.29, 1.82) is 0 Å². The molecule has 0 aliphatic rings. The number of nitrogens with zero attached hydrogens (tertiary/aromatic N) is 2. The van der Waals surface area contributed by atoms with Crippen LogP contribution in [0.4, 0.5) is 5.69 Å². The van der Waals surface area contributed by atoms with Crippen molar-refractivity contribution in [3.05, 3.63) is 29.3 Å².